The highest BCUT2D eigenvalue weighted by molar-refractivity contribution is 7.99. The topological polar surface area (TPSA) is 38.5 Å². The predicted octanol–water partition coefficient (Wildman–Crippen LogP) is 1.46. The second-order valence-corrected chi connectivity index (χ2v) is 7.06. The largest absolute Gasteiger partial charge is 0.375 e. The summed E-state index contributed by atoms with van der Waals surface area (Å²) in [7, 11) is 0. The van der Waals surface area contributed by atoms with E-state index in [4.69, 9.17) is 10.5 Å². The zero-order chi connectivity index (χ0) is 11.7. The fourth-order valence-electron chi connectivity index (χ4n) is 3.55. The lowest BCUT2D eigenvalue weighted by Crippen LogP contribution is -2.50. The summed E-state index contributed by atoms with van der Waals surface area (Å²) in [6.45, 7) is 3.27. The highest BCUT2D eigenvalue weighted by atomic mass is 32.2. The Kier molecular flexibility index (Phi) is 3.67. The third-order valence-electron chi connectivity index (χ3n) is 4.64. The minimum Gasteiger partial charge on any atom is -0.375 e. The average Bonchev–Trinajstić information content (AvgIpc) is 2.77. The van der Waals surface area contributed by atoms with Gasteiger partial charge in [-0.25, -0.2) is 0 Å². The van der Waals surface area contributed by atoms with Crippen LogP contribution < -0.4 is 5.73 Å². The maximum absolute atomic E-state index is 6.15. The molecule has 0 amide bonds. The van der Waals surface area contributed by atoms with E-state index in [0.717, 1.165) is 19.2 Å². The Hall–Kier alpha value is 0.230. The van der Waals surface area contributed by atoms with Gasteiger partial charge in [0.25, 0.3) is 0 Å². The van der Waals surface area contributed by atoms with Gasteiger partial charge in [-0.3, -0.25) is 4.90 Å². The van der Waals surface area contributed by atoms with Gasteiger partial charge < -0.3 is 10.5 Å². The molecule has 0 aromatic heterocycles. The van der Waals surface area contributed by atoms with Crippen molar-refractivity contribution in [1.82, 2.24) is 4.90 Å². The van der Waals surface area contributed by atoms with Crippen LogP contribution in [-0.4, -0.2) is 53.8 Å². The fraction of sp³-hybridized carbons (Fsp3) is 1.00. The predicted molar refractivity (Wildman–Crippen MR) is 72.4 cm³/mol. The van der Waals surface area contributed by atoms with E-state index in [9.17, 15) is 0 Å². The summed E-state index contributed by atoms with van der Waals surface area (Å²) in [5.41, 5.74) is 6.25. The lowest BCUT2D eigenvalue weighted by atomic mass is 9.85. The van der Waals surface area contributed by atoms with Crippen molar-refractivity contribution in [3.8, 4) is 0 Å². The monoisotopic (exact) mass is 256 g/mol. The minimum absolute atomic E-state index is 0.223. The number of rotatable bonds is 1. The molecule has 2 atom stereocenters. The van der Waals surface area contributed by atoms with Gasteiger partial charge >= 0.3 is 0 Å². The molecule has 3 saturated heterocycles. The van der Waals surface area contributed by atoms with Gasteiger partial charge in [-0.2, -0.15) is 11.8 Å². The summed E-state index contributed by atoms with van der Waals surface area (Å²) >= 11 is 2.08. The molecule has 3 fully saturated rings. The van der Waals surface area contributed by atoms with Crippen molar-refractivity contribution < 1.29 is 4.74 Å². The SMILES string of the molecule is N[C@@H]1CCN(C2CCOC3(CCSCC3)C2)C1. The second kappa shape index (κ2) is 5.08. The normalized spacial score (nSPS) is 38.6. The number of thioether (sulfide) groups is 1. The van der Waals surface area contributed by atoms with E-state index in [1.165, 1.54) is 50.2 Å². The lowest BCUT2D eigenvalue weighted by Gasteiger charge is -2.45. The number of nitrogens with zero attached hydrogens (tertiary/aromatic N) is 1. The Balaban J connectivity index is 1.62. The lowest BCUT2D eigenvalue weighted by molar-refractivity contribution is -0.108. The van der Waals surface area contributed by atoms with Crippen molar-refractivity contribution in [2.45, 2.75) is 49.8 Å². The van der Waals surface area contributed by atoms with E-state index in [2.05, 4.69) is 16.7 Å². The van der Waals surface area contributed by atoms with Gasteiger partial charge in [0.1, 0.15) is 0 Å². The first-order chi connectivity index (χ1) is 8.27. The molecule has 3 aliphatic rings. The molecule has 4 heteroatoms. The second-order valence-electron chi connectivity index (χ2n) is 5.83. The van der Waals surface area contributed by atoms with E-state index >= 15 is 0 Å². The van der Waals surface area contributed by atoms with E-state index in [-0.39, 0.29) is 5.60 Å². The van der Waals surface area contributed by atoms with Crippen LogP contribution in [-0.2, 0) is 4.74 Å². The number of hydrogen-bond acceptors (Lipinski definition) is 4. The number of hydrogen-bond donors (Lipinski definition) is 1. The molecular formula is C13H24N2OS. The Labute approximate surface area is 108 Å². The van der Waals surface area contributed by atoms with E-state index < -0.39 is 0 Å². The summed E-state index contributed by atoms with van der Waals surface area (Å²) in [6.07, 6.45) is 6.16. The maximum atomic E-state index is 6.15. The van der Waals surface area contributed by atoms with E-state index in [1.54, 1.807) is 0 Å². The van der Waals surface area contributed by atoms with Crippen LogP contribution in [0.5, 0.6) is 0 Å². The summed E-state index contributed by atoms with van der Waals surface area (Å²) in [4.78, 5) is 2.62. The standard InChI is InChI=1S/C13H24N2OS/c14-11-1-5-15(10-11)12-2-6-16-13(9-12)3-7-17-8-4-13/h11-12H,1-10,14H2/t11-,12?/m1/s1. The zero-order valence-corrected chi connectivity index (χ0v) is 11.4. The molecule has 0 bridgehead atoms. The first-order valence-corrected chi connectivity index (χ1v) is 8.14. The molecule has 1 spiro atoms. The Morgan fingerprint density at radius 1 is 1.24 bits per heavy atom. The van der Waals surface area contributed by atoms with Crippen molar-refractivity contribution in [1.29, 1.82) is 0 Å². The molecule has 0 aromatic carbocycles. The van der Waals surface area contributed by atoms with Gasteiger partial charge in [0, 0.05) is 31.8 Å². The molecule has 2 N–H and O–H groups in total. The quantitative estimate of drug-likeness (QED) is 0.771. The van der Waals surface area contributed by atoms with Crippen LogP contribution in [0.25, 0.3) is 0 Å². The third-order valence-corrected chi connectivity index (χ3v) is 5.63. The third kappa shape index (κ3) is 2.65. The van der Waals surface area contributed by atoms with Crippen molar-refractivity contribution in [2.24, 2.45) is 5.73 Å². The van der Waals surface area contributed by atoms with Crippen LogP contribution in [0.1, 0.15) is 32.1 Å². The van der Waals surface area contributed by atoms with Gasteiger partial charge in [-0.15, -0.1) is 0 Å². The van der Waals surface area contributed by atoms with Crippen LogP contribution in [0.2, 0.25) is 0 Å². The van der Waals surface area contributed by atoms with Gasteiger partial charge in [-0.1, -0.05) is 0 Å². The summed E-state index contributed by atoms with van der Waals surface area (Å²) in [5.74, 6) is 2.57. The number of likely N-dealkylation sites (tertiary alicyclic amines) is 1. The fourth-order valence-corrected chi connectivity index (χ4v) is 4.79. The highest BCUT2D eigenvalue weighted by Crippen LogP contribution is 2.39. The molecule has 0 aromatic rings. The minimum atomic E-state index is 0.223. The first-order valence-electron chi connectivity index (χ1n) is 6.99. The number of ether oxygens (including phenoxy) is 1. The molecule has 0 saturated carbocycles. The van der Waals surface area contributed by atoms with Gasteiger partial charge in [0.15, 0.2) is 0 Å². The first kappa shape index (κ1) is 12.3. The van der Waals surface area contributed by atoms with Crippen LogP contribution in [0.15, 0.2) is 0 Å². The molecule has 3 rings (SSSR count). The molecule has 3 aliphatic heterocycles. The molecule has 0 radical (unpaired) electrons. The van der Waals surface area contributed by atoms with Gasteiger partial charge in [0.05, 0.1) is 5.60 Å². The summed E-state index contributed by atoms with van der Waals surface area (Å²) in [6, 6.07) is 1.15. The molecule has 3 nitrogen and oxygen atoms in total. The number of nitrogens with two attached hydrogens (primary N) is 1. The average molecular weight is 256 g/mol. The molecule has 3 heterocycles. The molecule has 98 valence electrons. The Morgan fingerprint density at radius 2 is 2.06 bits per heavy atom. The smallest absolute Gasteiger partial charge is 0.0713 e. The molecule has 17 heavy (non-hydrogen) atoms. The van der Waals surface area contributed by atoms with Crippen molar-refractivity contribution in [3.63, 3.8) is 0 Å². The zero-order valence-electron chi connectivity index (χ0n) is 10.6. The molecule has 0 aliphatic carbocycles. The van der Waals surface area contributed by atoms with Crippen molar-refractivity contribution in [2.75, 3.05) is 31.2 Å². The van der Waals surface area contributed by atoms with Crippen LogP contribution >= 0.6 is 11.8 Å². The summed E-state index contributed by atoms with van der Waals surface area (Å²) < 4.78 is 6.15. The van der Waals surface area contributed by atoms with Crippen molar-refractivity contribution in [3.05, 3.63) is 0 Å². The van der Waals surface area contributed by atoms with E-state index in [1.807, 2.05) is 0 Å². The van der Waals surface area contributed by atoms with Gasteiger partial charge in [-0.05, 0) is 43.6 Å². The van der Waals surface area contributed by atoms with Crippen LogP contribution in [0.4, 0.5) is 0 Å². The Morgan fingerprint density at radius 3 is 2.76 bits per heavy atom. The molecular weight excluding hydrogens is 232 g/mol. The Bertz CT molecular complexity index is 263. The van der Waals surface area contributed by atoms with E-state index in [0.29, 0.717) is 6.04 Å². The summed E-state index contributed by atoms with van der Waals surface area (Å²) in [5, 5.41) is 0. The van der Waals surface area contributed by atoms with Crippen LogP contribution in [0.3, 0.4) is 0 Å². The highest BCUT2D eigenvalue weighted by Gasteiger charge is 2.41. The van der Waals surface area contributed by atoms with Gasteiger partial charge in [0.2, 0.25) is 0 Å². The van der Waals surface area contributed by atoms with Crippen LogP contribution in [0, 0.1) is 0 Å². The van der Waals surface area contributed by atoms with Crippen molar-refractivity contribution >= 4 is 11.8 Å². The molecule has 1 unspecified atom stereocenters. The maximum Gasteiger partial charge on any atom is 0.0713 e.